The van der Waals surface area contributed by atoms with Crippen LogP contribution in [0.3, 0.4) is 0 Å². The van der Waals surface area contributed by atoms with Crippen LogP contribution < -0.4 is 15.2 Å². The summed E-state index contributed by atoms with van der Waals surface area (Å²) in [5.41, 5.74) is 2.70. The van der Waals surface area contributed by atoms with Crippen molar-refractivity contribution in [3.63, 3.8) is 0 Å². The third kappa shape index (κ3) is 3.77. The number of anilines is 1. The molecule has 0 fully saturated rings. The van der Waals surface area contributed by atoms with Crippen LogP contribution in [0, 0.1) is 0 Å². The van der Waals surface area contributed by atoms with Gasteiger partial charge in [0.2, 0.25) is 5.88 Å². The highest BCUT2D eigenvalue weighted by molar-refractivity contribution is 6.31. The predicted octanol–water partition coefficient (Wildman–Crippen LogP) is 5.29. The van der Waals surface area contributed by atoms with Gasteiger partial charge in [-0.1, -0.05) is 35.3 Å². The van der Waals surface area contributed by atoms with Crippen LogP contribution in [0.1, 0.15) is 47.7 Å². The number of amides is 1. The highest BCUT2D eigenvalue weighted by Gasteiger charge is 2.45. The highest BCUT2D eigenvalue weighted by Crippen LogP contribution is 2.45. The molecule has 1 unspecified atom stereocenters. The number of pyridine rings is 2. The third-order valence-corrected chi connectivity index (χ3v) is 6.72. The van der Waals surface area contributed by atoms with E-state index in [1.807, 2.05) is 36.6 Å². The monoisotopic (exact) mass is 523 g/mol. The van der Waals surface area contributed by atoms with Crippen molar-refractivity contribution in [2.24, 2.45) is 7.05 Å². The summed E-state index contributed by atoms with van der Waals surface area (Å²) in [5.74, 6) is 0.703. The van der Waals surface area contributed by atoms with Gasteiger partial charge in [0.1, 0.15) is 16.9 Å². The maximum absolute atomic E-state index is 14.0. The Kier molecular flexibility index (Phi) is 6.10. The van der Waals surface area contributed by atoms with Crippen molar-refractivity contribution in [1.29, 1.82) is 0 Å². The average molecular weight is 524 g/mol. The SMILES string of the molecule is COc1ncccc1-c1nc2c(n1C(C)C)C(c1ccc(Cl)cc1)N(c1cc(Cl)c(=O)n(C)c1)C2=O. The first-order chi connectivity index (χ1) is 17.2. The summed E-state index contributed by atoms with van der Waals surface area (Å²) in [5, 5.41) is 0.605. The Morgan fingerprint density at radius 2 is 1.81 bits per heavy atom. The van der Waals surface area contributed by atoms with E-state index in [1.54, 1.807) is 49.7 Å². The van der Waals surface area contributed by atoms with E-state index in [9.17, 15) is 9.59 Å². The fraction of sp³-hybridized carbons (Fsp3) is 0.231. The third-order valence-electron chi connectivity index (χ3n) is 6.20. The Bertz CT molecular complexity index is 1520. The number of nitrogens with zero attached hydrogens (tertiary/aromatic N) is 5. The van der Waals surface area contributed by atoms with Gasteiger partial charge in [-0.3, -0.25) is 14.5 Å². The fourth-order valence-electron chi connectivity index (χ4n) is 4.66. The molecule has 36 heavy (non-hydrogen) atoms. The number of carbonyl (C=O) groups is 1. The van der Waals surface area contributed by atoms with E-state index < -0.39 is 6.04 Å². The molecule has 0 aliphatic carbocycles. The lowest BCUT2D eigenvalue weighted by Gasteiger charge is -2.28. The molecule has 1 aliphatic heterocycles. The minimum Gasteiger partial charge on any atom is -0.480 e. The zero-order chi connectivity index (χ0) is 25.7. The molecule has 8 nitrogen and oxygen atoms in total. The van der Waals surface area contributed by atoms with Crippen molar-refractivity contribution < 1.29 is 9.53 Å². The van der Waals surface area contributed by atoms with Gasteiger partial charge in [-0.25, -0.2) is 9.97 Å². The predicted molar refractivity (Wildman–Crippen MR) is 139 cm³/mol. The number of fused-ring (bicyclic) bond motifs is 1. The number of aryl methyl sites for hydroxylation is 1. The van der Waals surface area contributed by atoms with Crippen molar-refractivity contribution in [1.82, 2.24) is 19.1 Å². The number of rotatable bonds is 5. The average Bonchev–Trinajstić information content (AvgIpc) is 3.38. The first-order valence-corrected chi connectivity index (χ1v) is 12.0. The van der Waals surface area contributed by atoms with Gasteiger partial charge in [0, 0.05) is 30.5 Å². The Morgan fingerprint density at radius 1 is 1.08 bits per heavy atom. The van der Waals surface area contributed by atoms with Crippen molar-refractivity contribution in [3.8, 4) is 17.3 Å². The number of benzene rings is 1. The lowest BCUT2D eigenvalue weighted by Crippen LogP contribution is -2.32. The normalized spacial score (nSPS) is 15.0. The first kappa shape index (κ1) is 24.1. The quantitative estimate of drug-likeness (QED) is 0.355. The summed E-state index contributed by atoms with van der Waals surface area (Å²) in [6, 6.07) is 11.9. The molecule has 0 saturated heterocycles. The summed E-state index contributed by atoms with van der Waals surface area (Å²) >= 11 is 12.4. The second-order valence-corrected chi connectivity index (χ2v) is 9.63. The Labute approximate surface area is 217 Å². The van der Waals surface area contributed by atoms with Gasteiger partial charge in [-0.05, 0) is 49.7 Å². The van der Waals surface area contributed by atoms with Crippen LogP contribution in [0.25, 0.3) is 11.4 Å². The molecule has 0 bridgehead atoms. The van der Waals surface area contributed by atoms with Gasteiger partial charge in [0.15, 0.2) is 5.69 Å². The molecule has 0 spiro atoms. The number of hydrogen-bond donors (Lipinski definition) is 0. The van der Waals surface area contributed by atoms with E-state index in [2.05, 4.69) is 4.98 Å². The molecule has 3 aromatic heterocycles. The van der Waals surface area contributed by atoms with Crippen LogP contribution in [0.5, 0.6) is 5.88 Å². The van der Waals surface area contributed by atoms with Crippen LogP contribution in [0.2, 0.25) is 10.0 Å². The minimum atomic E-state index is -0.537. The van der Waals surface area contributed by atoms with Crippen LogP contribution in [0.15, 0.2) is 59.7 Å². The van der Waals surface area contributed by atoms with E-state index in [1.165, 1.54) is 10.6 Å². The van der Waals surface area contributed by atoms with E-state index in [4.69, 9.17) is 32.9 Å². The highest BCUT2D eigenvalue weighted by atomic mass is 35.5. The molecule has 0 saturated carbocycles. The first-order valence-electron chi connectivity index (χ1n) is 11.3. The van der Waals surface area contributed by atoms with Gasteiger partial charge in [-0.15, -0.1) is 0 Å². The Morgan fingerprint density at radius 3 is 2.44 bits per heavy atom. The number of methoxy groups -OCH3 is 1. The van der Waals surface area contributed by atoms with Crippen LogP contribution in [0.4, 0.5) is 5.69 Å². The number of aromatic nitrogens is 4. The van der Waals surface area contributed by atoms with Gasteiger partial charge >= 0.3 is 0 Å². The van der Waals surface area contributed by atoms with Gasteiger partial charge in [-0.2, -0.15) is 0 Å². The summed E-state index contributed by atoms with van der Waals surface area (Å²) in [6.07, 6.45) is 3.25. The molecule has 5 rings (SSSR count). The van der Waals surface area contributed by atoms with Gasteiger partial charge in [0.05, 0.1) is 24.1 Å². The van der Waals surface area contributed by atoms with Crippen molar-refractivity contribution in [3.05, 3.63) is 92.2 Å². The zero-order valence-corrected chi connectivity index (χ0v) is 21.6. The number of carbonyl (C=O) groups excluding carboxylic acids is 1. The molecule has 184 valence electrons. The molecule has 4 heterocycles. The fourth-order valence-corrected chi connectivity index (χ4v) is 5.03. The van der Waals surface area contributed by atoms with E-state index >= 15 is 0 Å². The molecular formula is C26H23Cl2N5O3. The summed E-state index contributed by atoms with van der Waals surface area (Å²) < 4.78 is 8.89. The number of hydrogen-bond acceptors (Lipinski definition) is 5. The number of ether oxygens (including phenoxy) is 1. The minimum absolute atomic E-state index is 0.0229. The van der Waals surface area contributed by atoms with E-state index in [0.717, 1.165) is 11.3 Å². The summed E-state index contributed by atoms with van der Waals surface area (Å²) in [7, 11) is 3.15. The number of imidazole rings is 1. The van der Waals surface area contributed by atoms with Gasteiger partial charge in [0.25, 0.3) is 11.5 Å². The smallest absolute Gasteiger partial charge is 0.279 e. The molecular weight excluding hydrogens is 501 g/mol. The summed E-state index contributed by atoms with van der Waals surface area (Å²) in [4.78, 5) is 37.0. The van der Waals surface area contributed by atoms with Crippen LogP contribution in [-0.2, 0) is 7.05 Å². The molecule has 1 aliphatic rings. The molecule has 1 amide bonds. The standard InChI is InChI=1S/C26H23Cl2N5O3/c1-14(2)32-22-20(30-23(32)18-6-5-11-29-24(18)36-4)26(35)33(17-12-19(28)25(34)31(3)13-17)21(22)15-7-9-16(27)10-8-15/h5-14,21H,1-4H3. The Balaban J connectivity index is 1.80. The molecule has 4 aromatic rings. The molecule has 0 radical (unpaired) electrons. The zero-order valence-electron chi connectivity index (χ0n) is 20.1. The van der Waals surface area contributed by atoms with E-state index in [0.29, 0.717) is 33.7 Å². The van der Waals surface area contributed by atoms with Crippen molar-refractivity contribution in [2.45, 2.75) is 25.9 Å². The van der Waals surface area contributed by atoms with Crippen molar-refractivity contribution >= 4 is 34.8 Å². The lowest BCUT2D eigenvalue weighted by atomic mass is 10.0. The molecule has 1 aromatic carbocycles. The largest absolute Gasteiger partial charge is 0.480 e. The molecule has 10 heteroatoms. The van der Waals surface area contributed by atoms with Crippen LogP contribution in [-0.4, -0.2) is 32.1 Å². The van der Waals surface area contributed by atoms with Crippen LogP contribution >= 0.6 is 23.2 Å². The topological polar surface area (TPSA) is 82.2 Å². The van der Waals surface area contributed by atoms with Crippen molar-refractivity contribution in [2.75, 3.05) is 12.0 Å². The second kappa shape index (κ2) is 9.11. The maximum Gasteiger partial charge on any atom is 0.279 e. The Hall–Kier alpha value is -3.62. The number of halogens is 2. The molecule has 0 N–H and O–H groups in total. The lowest BCUT2D eigenvalue weighted by molar-refractivity contribution is 0.0989. The van der Waals surface area contributed by atoms with E-state index in [-0.39, 0.29) is 22.5 Å². The summed E-state index contributed by atoms with van der Waals surface area (Å²) in [6.45, 7) is 4.06. The van der Waals surface area contributed by atoms with Gasteiger partial charge < -0.3 is 13.9 Å². The maximum atomic E-state index is 14.0. The molecule has 1 atom stereocenters. The second-order valence-electron chi connectivity index (χ2n) is 8.78.